The summed E-state index contributed by atoms with van der Waals surface area (Å²) in [6, 6.07) is 4.21. The van der Waals surface area contributed by atoms with E-state index in [-0.39, 0.29) is 0 Å². The first-order chi connectivity index (χ1) is 9.38. The SMILES string of the molecule is NCCc1cccnc1N1CCC2CCCCC2C1. The molecular formula is C16H25N3. The van der Waals surface area contributed by atoms with Crippen LogP contribution >= 0.6 is 0 Å². The predicted molar refractivity (Wildman–Crippen MR) is 79.3 cm³/mol. The summed E-state index contributed by atoms with van der Waals surface area (Å²) >= 11 is 0. The molecule has 1 aliphatic heterocycles. The summed E-state index contributed by atoms with van der Waals surface area (Å²) in [6.45, 7) is 3.09. The van der Waals surface area contributed by atoms with Crippen molar-refractivity contribution < 1.29 is 0 Å². The Morgan fingerprint density at radius 3 is 2.89 bits per heavy atom. The van der Waals surface area contributed by atoms with Crippen molar-refractivity contribution in [3.05, 3.63) is 23.9 Å². The second kappa shape index (κ2) is 5.91. The summed E-state index contributed by atoms with van der Waals surface area (Å²) < 4.78 is 0. The number of anilines is 1. The maximum absolute atomic E-state index is 5.72. The Hall–Kier alpha value is -1.09. The number of rotatable bonds is 3. The van der Waals surface area contributed by atoms with E-state index in [1.54, 1.807) is 0 Å². The van der Waals surface area contributed by atoms with E-state index in [1.807, 2.05) is 12.3 Å². The van der Waals surface area contributed by atoms with Gasteiger partial charge in [-0.1, -0.05) is 25.3 Å². The number of nitrogens with zero attached hydrogens (tertiary/aromatic N) is 2. The van der Waals surface area contributed by atoms with Crippen molar-refractivity contribution in [1.29, 1.82) is 0 Å². The lowest BCUT2D eigenvalue weighted by Crippen LogP contribution is -2.42. The summed E-state index contributed by atoms with van der Waals surface area (Å²) in [5.41, 5.74) is 7.04. The van der Waals surface area contributed by atoms with Gasteiger partial charge < -0.3 is 10.6 Å². The third-order valence-electron chi connectivity index (χ3n) is 4.87. The first-order valence-corrected chi connectivity index (χ1v) is 7.77. The predicted octanol–water partition coefficient (Wildman–Crippen LogP) is 2.60. The topological polar surface area (TPSA) is 42.1 Å². The van der Waals surface area contributed by atoms with E-state index < -0.39 is 0 Å². The smallest absolute Gasteiger partial charge is 0.131 e. The molecule has 3 rings (SSSR count). The standard InChI is InChI=1S/C16H25N3/c17-9-7-14-6-3-10-18-16(14)19-11-8-13-4-1-2-5-15(13)12-19/h3,6,10,13,15H,1-2,4-5,7-9,11-12,17H2. The highest BCUT2D eigenvalue weighted by atomic mass is 15.2. The normalized spacial score (nSPS) is 27.1. The minimum absolute atomic E-state index is 0.707. The summed E-state index contributed by atoms with van der Waals surface area (Å²) in [5.74, 6) is 3.07. The molecule has 104 valence electrons. The zero-order chi connectivity index (χ0) is 13.1. The third kappa shape index (κ3) is 2.76. The van der Waals surface area contributed by atoms with Crippen LogP contribution in [0.25, 0.3) is 0 Å². The van der Waals surface area contributed by atoms with Gasteiger partial charge in [-0.3, -0.25) is 0 Å². The Balaban J connectivity index is 1.75. The Morgan fingerprint density at radius 1 is 1.21 bits per heavy atom. The quantitative estimate of drug-likeness (QED) is 0.907. The van der Waals surface area contributed by atoms with Crippen molar-refractivity contribution in [3.8, 4) is 0 Å². The molecule has 0 spiro atoms. The van der Waals surface area contributed by atoms with Crippen molar-refractivity contribution in [3.63, 3.8) is 0 Å². The Labute approximate surface area is 116 Å². The highest BCUT2D eigenvalue weighted by molar-refractivity contribution is 5.47. The molecule has 2 atom stereocenters. The zero-order valence-electron chi connectivity index (χ0n) is 11.7. The second-order valence-electron chi connectivity index (χ2n) is 6.06. The summed E-state index contributed by atoms with van der Waals surface area (Å²) in [6.07, 6.45) is 9.95. The summed E-state index contributed by atoms with van der Waals surface area (Å²) in [4.78, 5) is 7.14. The molecule has 0 amide bonds. The van der Waals surface area contributed by atoms with Crippen LogP contribution in [-0.4, -0.2) is 24.6 Å². The number of hydrogen-bond acceptors (Lipinski definition) is 3. The fraction of sp³-hybridized carbons (Fsp3) is 0.688. The van der Waals surface area contributed by atoms with Crippen molar-refractivity contribution >= 4 is 5.82 Å². The molecule has 2 unspecified atom stereocenters. The highest BCUT2D eigenvalue weighted by Gasteiger charge is 2.31. The van der Waals surface area contributed by atoms with Crippen molar-refractivity contribution in [1.82, 2.24) is 4.98 Å². The van der Waals surface area contributed by atoms with Crippen LogP contribution in [-0.2, 0) is 6.42 Å². The van der Waals surface area contributed by atoms with Gasteiger partial charge in [-0.05, 0) is 49.3 Å². The first kappa shape index (κ1) is 12.9. The molecule has 1 saturated heterocycles. The highest BCUT2D eigenvalue weighted by Crippen LogP contribution is 2.37. The minimum Gasteiger partial charge on any atom is -0.356 e. The van der Waals surface area contributed by atoms with Crippen molar-refractivity contribution in [2.75, 3.05) is 24.5 Å². The molecule has 1 aliphatic carbocycles. The third-order valence-corrected chi connectivity index (χ3v) is 4.87. The lowest BCUT2D eigenvalue weighted by Gasteiger charge is -2.42. The average molecular weight is 259 g/mol. The molecule has 2 N–H and O–H groups in total. The van der Waals surface area contributed by atoms with Crippen LogP contribution in [0.1, 0.15) is 37.7 Å². The van der Waals surface area contributed by atoms with Crippen LogP contribution in [0, 0.1) is 11.8 Å². The molecule has 2 aliphatic rings. The molecule has 0 aromatic carbocycles. The van der Waals surface area contributed by atoms with E-state index in [0.29, 0.717) is 6.54 Å². The minimum atomic E-state index is 0.707. The van der Waals surface area contributed by atoms with E-state index >= 15 is 0 Å². The van der Waals surface area contributed by atoms with Gasteiger partial charge in [0.1, 0.15) is 5.82 Å². The van der Waals surface area contributed by atoms with Gasteiger partial charge in [0.05, 0.1) is 0 Å². The number of fused-ring (bicyclic) bond motifs is 1. The van der Waals surface area contributed by atoms with Gasteiger partial charge in [0.25, 0.3) is 0 Å². The second-order valence-corrected chi connectivity index (χ2v) is 6.06. The van der Waals surface area contributed by atoms with Crippen molar-refractivity contribution in [2.24, 2.45) is 17.6 Å². The fourth-order valence-electron chi connectivity index (χ4n) is 3.86. The number of nitrogens with two attached hydrogens (primary N) is 1. The van der Waals surface area contributed by atoms with Gasteiger partial charge in [0, 0.05) is 19.3 Å². The summed E-state index contributed by atoms with van der Waals surface area (Å²) in [7, 11) is 0. The molecule has 2 fully saturated rings. The van der Waals surface area contributed by atoms with Crippen LogP contribution < -0.4 is 10.6 Å². The maximum Gasteiger partial charge on any atom is 0.131 e. The number of aromatic nitrogens is 1. The Kier molecular flexibility index (Phi) is 4.02. The molecular weight excluding hydrogens is 234 g/mol. The Morgan fingerprint density at radius 2 is 2.05 bits per heavy atom. The Bertz CT molecular complexity index is 418. The lowest BCUT2D eigenvalue weighted by molar-refractivity contribution is 0.202. The monoisotopic (exact) mass is 259 g/mol. The van der Waals surface area contributed by atoms with Gasteiger partial charge in [0.15, 0.2) is 0 Å². The number of hydrogen-bond donors (Lipinski definition) is 1. The molecule has 19 heavy (non-hydrogen) atoms. The zero-order valence-corrected chi connectivity index (χ0v) is 11.7. The van der Waals surface area contributed by atoms with Crippen LogP contribution in [0.5, 0.6) is 0 Å². The number of pyridine rings is 1. The molecule has 1 aromatic heterocycles. The van der Waals surface area contributed by atoms with Gasteiger partial charge in [-0.2, -0.15) is 0 Å². The number of piperidine rings is 1. The lowest BCUT2D eigenvalue weighted by atomic mass is 9.75. The average Bonchev–Trinajstić information content (AvgIpc) is 2.48. The molecule has 0 radical (unpaired) electrons. The van der Waals surface area contributed by atoms with Gasteiger partial charge in [0.2, 0.25) is 0 Å². The van der Waals surface area contributed by atoms with E-state index in [4.69, 9.17) is 5.73 Å². The van der Waals surface area contributed by atoms with Crippen molar-refractivity contribution in [2.45, 2.75) is 38.5 Å². The fourth-order valence-corrected chi connectivity index (χ4v) is 3.86. The molecule has 1 aromatic rings. The van der Waals surface area contributed by atoms with E-state index in [2.05, 4.69) is 16.0 Å². The van der Waals surface area contributed by atoms with E-state index in [0.717, 1.165) is 18.3 Å². The maximum atomic E-state index is 5.72. The van der Waals surface area contributed by atoms with Gasteiger partial charge in [-0.15, -0.1) is 0 Å². The molecule has 2 heterocycles. The van der Waals surface area contributed by atoms with E-state index in [9.17, 15) is 0 Å². The van der Waals surface area contributed by atoms with Gasteiger partial charge >= 0.3 is 0 Å². The van der Waals surface area contributed by atoms with Crippen LogP contribution in [0.15, 0.2) is 18.3 Å². The van der Waals surface area contributed by atoms with Crippen LogP contribution in [0.2, 0.25) is 0 Å². The van der Waals surface area contributed by atoms with Gasteiger partial charge in [-0.25, -0.2) is 4.98 Å². The molecule has 3 nitrogen and oxygen atoms in total. The van der Waals surface area contributed by atoms with Crippen LogP contribution in [0.3, 0.4) is 0 Å². The first-order valence-electron chi connectivity index (χ1n) is 7.77. The van der Waals surface area contributed by atoms with E-state index in [1.165, 1.54) is 56.6 Å². The summed E-state index contributed by atoms with van der Waals surface area (Å²) in [5, 5.41) is 0. The largest absolute Gasteiger partial charge is 0.356 e. The molecule has 0 bridgehead atoms. The molecule has 3 heteroatoms. The molecule has 1 saturated carbocycles. The van der Waals surface area contributed by atoms with Crippen LogP contribution in [0.4, 0.5) is 5.82 Å².